The molecule has 4 nitrogen and oxygen atoms in total. The average molecular weight is 368 g/mol. The number of benzene rings is 3. The van der Waals surface area contributed by atoms with E-state index in [9.17, 15) is 9.59 Å². The summed E-state index contributed by atoms with van der Waals surface area (Å²) in [5, 5.41) is 5.05. The van der Waals surface area contributed by atoms with Crippen molar-refractivity contribution in [2.45, 2.75) is 6.42 Å². The molecule has 4 rings (SSSR count). The number of aromatic nitrogens is 1. The lowest BCUT2D eigenvalue weighted by molar-refractivity contribution is 0.0952. The van der Waals surface area contributed by atoms with E-state index in [1.165, 1.54) is 0 Å². The summed E-state index contributed by atoms with van der Waals surface area (Å²) in [6, 6.07) is 27.3. The number of fused-ring (bicyclic) bond motifs is 1. The van der Waals surface area contributed by atoms with Crippen molar-refractivity contribution in [2.24, 2.45) is 0 Å². The molecule has 4 aromatic rings. The van der Waals surface area contributed by atoms with Gasteiger partial charge in [-0.05, 0) is 46.5 Å². The zero-order valence-corrected chi connectivity index (χ0v) is 15.3. The number of hydrogen-bond donors (Lipinski definition) is 2. The highest BCUT2D eigenvalue weighted by Crippen LogP contribution is 2.22. The molecular weight excluding hydrogens is 348 g/mol. The molecule has 1 heterocycles. The zero-order valence-electron chi connectivity index (χ0n) is 15.3. The second-order valence-corrected chi connectivity index (χ2v) is 6.67. The maximum atomic E-state index is 12.4. The lowest BCUT2D eigenvalue weighted by Gasteiger charge is -2.07. The van der Waals surface area contributed by atoms with Gasteiger partial charge < -0.3 is 10.3 Å². The van der Waals surface area contributed by atoms with Crippen molar-refractivity contribution >= 4 is 16.7 Å². The average Bonchev–Trinajstić information content (AvgIpc) is 2.74. The van der Waals surface area contributed by atoms with E-state index in [4.69, 9.17) is 0 Å². The molecule has 0 unspecified atom stereocenters. The number of carbonyl (C=O) groups excluding carboxylic acids is 1. The van der Waals surface area contributed by atoms with E-state index in [0.29, 0.717) is 12.2 Å². The van der Waals surface area contributed by atoms with Gasteiger partial charge in [-0.2, -0.15) is 0 Å². The van der Waals surface area contributed by atoms with Crippen LogP contribution in [0.2, 0.25) is 0 Å². The third-order valence-corrected chi connectivity index (χ3v) is 4.76. The minimum absolute atomic E-state index is 0.123. The normalized spacial score (nSPS) is 10.7. The first kappa shape index (κ1) is 17.7. The monoisotopic (exact) mass is 368 g/mol. The van der Waals surface area contributed by atoms with Gasteiger partial charge >= 0.3 is 0 Å². The Balaban J connectivity index is 1.49. The SMILES string of the molecule is O=C(NCCc1ccccc1)c1ccc(-c2ccc3ccccc3c2)[nH]c1=O. The number of aromatic amines is 1. The van der Waals surface area contributed by atoms with E-state index in [0.717, 1.165) is 28.3 Å². The van der Waals surface area contributed by atoms with Crippen LogP contribution in [0.15, 0.2) is 89.7 Å². The lowest BCUT2D eigenvalue weighted by atomic mass is 10.0. The number of hydrogen-bond acceptors (Lipinski definition) is 2. The Hall–Kier alpha value is -3.66. The molecule has 1 amide bonds. The quantitative estimate of drug-likeness (QED) is 0.555. The minimum atomic E-state index is -0.386. The molecule has 4 heteroatoms. The summed E-state index contributed by atoms with van der Waals surface area (Å²) in [7, 11) is 0. The summed E-state index contributed by atoms with van der Waals surface area (Å²) in [4.78, 5) is 27.6. The van der Waals surface area contributed by atoms with Crippen molar-refractivity contribution in [3.05, 3.63) is 106 Å². The van der Waals surface area contributed by atoms with Crippen molar-refractivity contribution in [3.8, 4) is 11.3 Å². The predicted molar refractivity (Wildman–Crippen MR) is 112 cm³/mol. The molecule has 3 aromatic carbocycles. The molecule has 0 saturated carbocycles. The summed E-state index contributed by atoms with van der Waals surface area (Å²) >= 11 is 0. The molecule has 1 aromatic heterocycles. The van der Waals surface area contributed by atoms with Gasteiger partial charge in [0.2, 0.25) is 0 Å². The summed E-state index contributed by atoms with van der Waals surface area (Å²) in [5.74, 6) is -0.359. The van der Waals surface area contributed by atoms with Crippen LogP contribution in [0.3, 0.4) is 0 Å². The van der Waals surface area contributed by atoms with Crippen molar-refractivity contribution in [1.82, 2.24) is 10.3 Å². The Kier molecular flexibility index (Phi) is 5.02. The Labute approximate surface area is 162 Å². The standard InChI is InChI=1S/C24H20N2O2/c27-23(25-15-14-17-6-2-1-3-7-17)21-12-13-22(26-24(21)28)20-11-10-18-8-4-5-9-19(18)16-20/h1-13,16H,14-15H2,(H,25,27)(H,26,28). The fourth-order valence-electron chi connectivity index (χ4n) is 3.24. The molecular formula is C24H20N2O2. The van der Waals surface area contributed by atoms with Crippen LogP contribution in [0.4, 0.5) is 0 Å². The van der Waals surface area contributed by atoms with Gasteiger partial charge in [0.15, 0.2) is 0 Å². The first-order valence-corrected chi connectivity index (χ1v) is 9.25. The van der Waals surface area contributed by atoms with Gasteiger partial charge in [0.25, 0.3) is 11.5 Å². The van der Waals surface area contributed by atoms with Crippen LogP contribution in [0.1, 0.15) is 15.9 Å². The molecule has 0 aliphatic heterocycles. The molecule has 0 spiro atoms. The molecule has 0 radical (unpaired) electrons. The fraction of sp³-hybridized carbons (Fsp3) is 0.0833. The van der Waals surface area contributed by atoms with E-state index in [1.54, 1.807) is 12.1 Å². The van der Waals surface area contributed by atoms with E-state index in [2.05, 4.69) is 10.3 Å². The van der Waals surface area contributed by atoms with Gasteiger partial charge in [-0.15, -0.1) is 0 Å². The highest BCUT2D eigenvalue weighted by Gasteiger charge is 2.11. The van der Waals surface area contributed by atoms with E-state index < -0.39 is 0 Å². The fourth-order valence-corrected chi connectivity index (χ4v) is 3.24. The van der Waals surface area contributed by atoms with Crippen LogP contribution in [-0.4, -0.2) is 17.4 Å². The van der Waals surface area contributed by atoms with Crippen LogP contribution < -0.4 is 10.9 Å². The minimum Gasteiger partial charge on any atom is -0.352 e. The Morgan fingerprint density at radius 3 is 2.36 bits per heavy atom. The van der Waals surface area contributed by atoms with Gasteiger partial charge in [-0.1, -0.05) is 66.7 Å². The Morgan fingerprint density at radius 2 is 1.57 bits per heavy atom. The lowest BCUT2D eigenvalue weighted by Crippen LogP contribution is -2.31. The number of amides is 1. The highest BCUT2D eigenvalue weighted by atomic mass is 16.2. The van der Waals surface area contributed by atoms with E-state index in [1.807, 2.05) is 72.8 Å². The third-order valence-electron chi connectivity index (χ3n) is 4.76. The van der Waals surface area contributed by atoms with Crippen LogP contribution in [0.5, 0.6) is 0 Å². The van der Waals surface area contributed by atoms with Crippen molar-refractivity contribution in [2.75, 3.05) is 6.54 Å². The van der Waals surface area contributed by atoms with Gasteiger partial charge in [0.1, 0.15) is 5.56 Å². The third kappa shape index (κ3) is 3.86. The maximum Gasteiger partial charge on any atom is 0.261 e. The molecule has 138 valence electrons. The number of rotatable bonds is 5. The van der Waals surface area contributed by atoms with Crippen LogP contribution >= 0.6 is 0 Å². The van der Waals surface area contributed by atoms with Gasteiger partial charge in [0, 0.05) is 12.2 Å². The molecule has 0 aliphatic carbocycles. The maximum absolute atomic E-state index is 12.4. The van der Waals surface area contributed by atoms with Crippen LogP contribution in [-0.2, 0) is 6.42 Å². The summed E-state index contributed by atoms with van der Waals surface area (Å²) in [5.41, 5.74) is 2.48. The predicted octanol–water partition coefficient (Wildman–Crippen LogP) is 4.17. The molecule has 0 bridgehead atoms. The number of carbonyl (C=O) groups is 1. The molecule has 0 atom stereocenters. The Bertz CT molecular complexity index is 1180. The second-order valence-electron chi connectivity index (χ2n) is 6.67. The number of nitrogens with one attached hydrogen (secondary N) is 2. The van der Waals surface area contributed by atoms with Gasteiger partial charge in [-0.25, -0.2) is 0 Å². The first-order valence-electron chi connectivity index (χ1n) is 9.25. The van der Waals surface area contributed by atoms with Gasteiger partial charge in [-0.3, -0.25) is 9.59 Å². The number of H-pyrrole nitrogens is 1. The van der Waals surface area contributed by atoms with E-state index in [-0.39, 0.29) is 17.0 Å². The zero-order chi connectivity index (χ0) is 19.3. The van der Waals surface area contributed by atoms with E-state index >= 15 is 0 Å². The van der Waals surface area contributed by atoms with Crippen LogP contribution in [0, 0.1) is 0 Å². The Morgan fingerprint density at radius 1 is 0.821 bits per heavy atom. The summed E-state index contributed by atoms with van der Waals surface area (Å²) in [6.45, 7) is 0.481. The largest absolute Gasteiger partial charge is 0.352 e. The highest BCUT2D eigenvalue weighted by molar-refractivity contribution is 5.94. The summed E-state index contributed by atoms with van der Waals surface area (Å²) < 4.78 is 0. The van der Waals surface area contributed by atoms with Crippen molar-refractivity contribution in [3.63, 3.8) is 0 Å². The second kappa shape index (κ2) is 7.92. The molecule has 28 heavy (non-hydrogen) atoms. The topological polar surface area (TPSA) is 62.0 Å². The van der Waals surface area contributed by atoms with Gasteiger partial charge in [0.05, 0.1) is 0 Å². The number of pyridine rings is 1. The van der Waals surface area contributed by atoms with Crippen LogP contribution in [0.25, 0.3) is 22.0 Å². The molecule has 0 fully saturated rings. The van der Waals surface area contributed by atoms with Crippen molar-refractivity contribution in [1.29, 1.82) is 0 Å². The smallest absolute Gasteiger partial charge is 0.261 e. The molecule has 2 N–H and O–H groups in total. The molecule has 0 saturated heterocycles. The first-order chi connectivity index (χ1) is 13.7. The van der Waals surface area contributed by atoms with Crippen molar-refractivity contribution < 1.29 is 4.79 Å². The summed E-state index contributed by atoms with van der Waals surface area (Å²) in [6.07, 6.45) is 0.722. The molecule has 0 aliphatic rings.